The molecule has 1 N–H and O–H groups in total. The maximum absolute atomic E-state index is 5.92. The van der Waals surface area contributed by atoms with Crippen LogP contribution in [0.1, 0.15) is 33.6 Å². The van der Waals surface area contributed by atoms with Gasteiger partial charge in [-0.25, -0.2) is 0 Å². The fourth-order valence-electron chi connectivity index (χ4n) is 1.64. The van der Waals surface area contributed by atoms with Crippen LogP contribution in [0.25, 0.3) is 0 Å². The number of rotatable bonds is 8. The summed E-state index contributed by atoms with van der Waals surface area (Å²) in [5.41, 5.74) is 0. The molecule has 1 saturated heterocycles. The van der Waals surface area contributed by atoms with Crippen molar-refractivity contribution in [1.29, 1.82) is 0 Å². The van der Waals surface area contributed by atoms with Crippen molar-refractivity contribution in [3.05, 3.63) is 0 Å². The van der Waals surface area contributed by atoms with E-state index in [0.29, 0.717) is 18.1 Å². The summed E-state index contributed by atoms with van der Waals surface area (Å²) in [5.74, 6) is 0.708. The zero-order valence-electron chi connectivity index (χ0n) is 10.3. The van der Waals surface area contributed by atoms with Gasteiger partial charge in [0, 0.05) is 6.54 Å². The molecule has 0 amide bonds. The molecule has 3 heteroatoms. The topological polar surface area (TPSA) is 30.5 Å². The Morgan fingerprint density at radius 1 is 1.33 bits per heavy atom. The average Bonchev–Trinajstić information content (AvgIpc) is 2.10. The Balaban J connectivity index is 2.11. The quantitative estimate of drug-likeness (QED) is 0.670. The molecule has 0 aromatic heterocycles. The van der Waals surface area contributed by atoms with Gasteiger partial charge in [0.25, 0.3) is 0 Å². The number of hydrogen-bond acceptors (Lipinski definition) is 3. The molecule has 1 aliphatic rings. The molecule has 0 bridgehead atoms. The van der Waals surface area contributed by atoms with E-state index in [0.717, 1.165) is 32.7 Å². The van der Waals surface area contributed by atoms with Gasteiger partial charge in [0.1, 0.15) is 6.10 Å². The SMILES string of the molecule is CCCC(CNCC(C)C)OC1COC1. The minimum atomic E-state index is 0.349. The van der Waals surface area contributed by atoms with E-state index in [1.165, 1.54) is 6.42 Å². The van der Waals surface area contributed by atoms with Gasteiger partial charge in [-0.3, -0.25) is 0 Å². The minimum absolute atomic E-state index is 0.349. The van der Waals surface area contributed by atoms with E-state index in [2.05, 4.69) is 26.1 Å². The third-order valence-electron chi connectivity index (χ3n) is 2.53. The van der Waals surface area contributed by atoms with Crippen LogP contribution in [0, 0.1) is 5.92 Å². The van der Waals surface area contributed by atoms with Crippen LogP contribution in [0.4, 0.5) is 0 Å². The summed E-state index contributed by atoms with van der Waals surface area (Å²) in [5, 5.41) is 3.46. The first-order valence-corrected chi connectivity index (χ1v) is 6.16. The zero-order valence-corrected chi connectivity index (χ0v) is 10.3. The fraction of sp³-hybridized carbons (Fsp3) is 1.00. The number of ether oxygens (including phenoxy) is 2. The summed E-state index contributed by atoms with van der Waals surface area (Å²) in [7, 11) is 0. The second kappa shape index (κ2) is 7.20. The summed E-state index contributed by atoms with van der Waals surface area (Å²) >= 11 is 0. The second-order valence-electron chi connectivity index (χ2n) is 4.76. The smallest absolute Gasteiger partial charge is 0.105 e. The Bertz CT molecular complexity index is 158. The summed E-state index contributed by atoms with van der Waals surface area (Å²) in [6.45, 7) is 10.3. The van der Waals surface area contributed by atoms with Gasteiger partial charge in [-0.05, 0) is 18.9 Å². The van der Waals surface area contributed by atoms with Crippen LogP contribution < -0.4 is 5.32 Å². The minimum Gasteiger partial charge on any atom is -0.376 e. The lowest BCUT2D eigenvalue weighted by molar-refractivity contribution is -0.154. The van der Waals surface area contributed by atoms with Gasteiger partial charge in [0.2, 0.25) is 0 Å². The van der Waals surface area contributed by atoms with E-state index >= 15 is 0 Å². The standard InChI is InChI=1S/C12H25NO2/c1-4-5-11(7-13-6-10(2)3)15-12-8-14-9-12/h10-13H,4-9H2,1-3H3. The first-order chi connectivity index (χ1) is 7.22. The Labute approximate surface area is 93.5 Å². The van der Waals surface area contributed by atoms with E-state index in [1.54, 1.807) is 0 Å². The molecule has 0 aliphatic carbocycles. The summed E-state index contributed by atoms with van der Waals surface area (Å²) in [6.07, 6.45) is 3.04. The molecular formula is C12H25NO2. The summed E-state index contributed by atoms with van der Waals surface area (Å²) in [6, 6.07) is 0. The molecule has 0 aromatic rings. The largest absolute Gasteiger partial charge is 0.376 e. The first-order valence-electron chi connectivity index (χ1n) is 6.16. The van der Waals surface area contributed by atoms with Crippen molar-refractivity contribution in [2.24, 2.45) is 5.92 Å². The molecule has 1 rings (SSSR count). The molecule has 0 spiro atoms. The predicted molar refractivity (Wildman–Crippen MR) is 62.1 cm³/mol. The number of hydrogen-bond donors (Lipinski definition) is 1. The van der Waals surface area contributed by atoms with E-state index in [1.807, 2.05) is 0 Å². The lowest BCUT2D eigenvalue weighted by Gasteiger charge is -2.30. The van der Waals surface area contributed by atoms with Gasteiger partial charge in [-0.2, -0.15) is 0 Å². The Hall–Kier alpha value is -0.120. The molecule has 1 fully saturated rings. The normalized spacial score (nSPS) is 19.2. The molecule has 0 radical (unpaired) electrons. The van der Waals surface area contributed by atoms with E-state index < -0.39 is 0 Å². The van der Waals surface area contributed by atoms with Gasteiger partial charge in [0.15, 0.2) is 0 Å². The van der Waals surface area contributed by atoms with Crippen molar-refractivity contribution in [3.63, 3.8) is 0 Å². The molecule has 3 nitrogen and oxygen atoms in total. The molecule has 0 saturated carbocycles. The molecule has 1 aliphatic heterocycles. The van der Waals surface area contributed by atoms with Crippen LogP contribution in [-0.2, 0) is 9.47 Å². The molecule has 0 aromatic carbocycles. The number of nitrogens with one attached hydrogen (secondary N) is 1. The van der Waals surface area contributed by atoms with Crippen molar-refractivity contribution < 1.29 is 9.47 Å². The molecule has 1 unspecified atom stereocenters. The Morgan fingerprint density at radius 2 is 2.07 bits per heavy atom. The van der Waals surface area contributed by atoms with Crippen LogP contribution in [0.3, 0.4) is 0 Å². The summed E-state index contributed by atoms with van der Waals surface area (Å²) in [4.78, 5) is 0. The highest BCUT2D eigenvalue weighted by molar-refractivity contribution is 4.70. The van der Waals surface area contributed by atoms with Gasteiger partial charge in [-0.1, -0.05) is 27.2 Å². The third-order valence-corrected chi connectivity index (χ3v) is 2.53. The van der Waals surface area contributed by atoms with Gasteiger partial charge in [-0.15, -0.1) is 0 Å². The average molecular weight is 215 g/mol. The van der Waals surface area contributed by atoms with Crippen LogP contribution in [0.15, 0.2) is 0 Å². The molecular weight excluding hydrogens is 190 g/mol. The molecule has 1 heterocycles. The zero-order chi connectivity index (χ0) is 11.1. The van der Waals surface area contributed by atoms with Gasteiger partial charge >= 0.3 is 0 Å². The lowest BCUT2D eigenvalue weighted by atomic mass is 10.1. The van der Waals surface area contributed by atoms with Crippen LogP contribution in [-0.4, -0.2) is 38.5 Å². The molecule has 1 atom stereocenters. The molecule has 15 heavy (non-hydrogen) atoms. The highest BCUT2D eigenvalue weighted by Crippen LogP contribution is 2.11. The van der Waals surface area contributed by atoms with E-state index in [4.69, 9.17) is 9.47 Å². The van der Waals surface area contributed by atoms with Gasteiger partial charge in [0.05, 0.1) is 19.3 Å². The van der Waals surface area contributed by atoms with Crippen molar-refractivity contribution in [2.75, 3.05) is 26.3 Å². The maximum Gasteiger partial charge on any atom is 0.105 e. The predicted octanol–water partition coefficient (Wildman–Crippen LogP) is 1.82. The lowest BCUT2D eigenvalue weighted by Crippen LogP contribution is -2.42. The van der Waals surface area contributed by atoms with Crippen LogP contribution in [0.2, 0.25) is 0 Å². The highest BCUT2D eigenvalue weighted by Gasteiger charge is 2.22. The Kier molecular flexibility index (Phi) is 6.22. The maximum atomic E-state index is 5.92. The van der Waals surface area contributed by atoms with Crippen molar-refractivity contribution in [1.82, 2.24) is 5.32 Å². The van der Waals surface area contributed by atoms with Crippen LogP contribution >= 0.6 is 0 Å². The highest BCUT2D eigenvalue weighted by atomic mass is 16.6. The van der Waals surface area contributed by atoms with E-state index in [9.17, 15) is 0 Å². The first kappa shape index (κ1) is 12.9. The van der Waals surface area contributed by atoms with Crippen LogP contribution in [0.5, 0.6) is 0 Å². The van der Waals surface area contributed by atoms with E-state index in [-0.39, 0.29) is 0 Å². The summed E-state index contributed by atoms with van der Waals surface area (Å²) < 4.78 is 11.0. The van der Waals surface area contributed by atoms with Crippen molar-refractivity contribution >= 4 is 0 Å². The molecule has 90 valence electrons. The van der Waals surface area contributed by atoms with Crippen molar-refractivity contribution in [2.45, 2.75) is 45.8 Å². The Morgan fingerprint density at radius 3 is 2.53 bits per heavy atom. The van der Waals surface area contributed by atoms with Crippen molar-refractivity contribution in [3.8, 4) is 0 Å². The second-order valence-corrected chi connectivity index (χ2v) is 4.76. The third kappa shape index (κ3) is 5.50. The van der Waals surface area contributed by atoms with Gasteiger partial charge < -0.3 is 14.8 Å². The monoisotopic (exact) mass is 215 g/mol. The fourth-order valence-corrected chi connectivity index (χ4v) is 1.64.